The summed E-state index contributed by atoms with van der Waals surface area (Å²) in [6.07, 6.45) is 0.736. The van der Waals surface area contributed by atoms with Crippen LogP contribution in [0.4, 0.5) is 0 Å². The van der Waals surface area contributed by atoms with Crippen molar-refractivity contribution in [2.24, 2.45) is 5.73 Å². The fourth-order valence-electron chi connectivity index (χ4n) is 2.15. The van der Waals surface area contributed by atoms with Gasteiger partial charge in [-0.1, -0.05) is 35.9 Å². The van der Waals surface area contributed by atoms with E-state index in [-0.39, 0.29) is 6.04 Å². The lowest BCUT2D eigenvalue weighted by molar-refractivity contribution is 0.405. The largest absolute Gasteiger partial charge is 0.496 e. The number of ether oxygens (including phenoxy) is 1. The van der Waals surface area contributed by atoms with Crippen LogP contribution in [0.5, 0.6) is 5.75 Å². The van der Waals surface area contributed by atoms with Gasteiger partial charge in [-0.2, -0.15) is 0 Å². The molecule has 0 aliphatic carbocycles. The zero-order valence-corrected chi connectivity index (χ0v) is 11.9. The molecule has 0 bridgehead atoms. The topological polar surface area (TPSA) is 35.2 Å². The Kier molecular flexibility index (Phi) is 4.46. The van der Waals surface area contributed by atoms with Crippen molar-refractivity contribution in [3.8, 4) is 5.75 Å². The summed E-state index contributed by atoms with van der Waals surface area (Å²) in [4.78, 5) is 0. The highest BCUT2D eigenvalue weighted by atomic mass is 35.5. The average molecular weight is 276 g/mol. The van der Waals surface area contributed by atoms with Crippen molar-refractivity contribution in [3.63, 3.8) is 0 Å². The van der Waals surface area contributed by atoms with Crippen molar-refractivity contribution in [2.45, 2.75) is 19.4 Å². The van der Waals surface area contributed by atoms with Crippen LogP contribution in [0.15, 0.2) is 42.5 Å². The molecule has 0 amide bonds. The number of rotatable bonds is 4. The van der Waals surface area contributed by atoms with Crippen LogP contribution in [0.3, 0.4) is 0 Å². The third-order valence-electron chi connectivity index (χ3n) is 3.13. The maximum Gasteiger partial charge on any atom is 0.123 e. The summed E-state index contributed by atoms with van der Waals surface area (Å²) >= 11 is 5.99. The Labute approximate surface area is 119 Å². The normalized spacial score (nSPS) is 12.2. The average Bonchev–Trinajstić information content (AvgIpc) is 2.38. The van der Waals surface area contributed by atoms with Crippen LogP contribution in [0, 0.1) is 6.92 Å². The van der Waals surface area contributed by atoms with Gasteiger partial charge in [-0.25, -0.2) is 0 Å². The van der Waals surface area contributed by atoms with Crippen LogP contribution in [0.25, 0.3) is 0 Å². The summed E-state index contributed by atoms with van der Waals surface area (Å²) in [7, 11) is 1.67. The molecule has 3 heteroatoms. The van der Waals surface area contributed by atoms with Crippen molar-refractivity contribution in [1.82, 2.24) is 0 Å². The molecule has 0 spiro atoms. The monoisotopic (exact) mass is 275 g/mol. The number of benzene rings is 2. The third-order valence-corrected chi connectivity index (χ3v) is 3.37. The predicted octanol–water partition coefficient (Wildman–Crippen LogP) is 3.90. The molecule has 2 aromatic rings. The van der Waals surface area contributed by atoms with E-state index in [0.29, 0.717) is 0 Å². The Balaban J connectivity index is 2.22. The van der Waals surface area contributed by atoms with Crippen LogP contribution in [-0.4, -0.2) is 7.11 Å². The maximum atomic E-state index is 6.28. The molecule has 19 heavy (non-hydrogen) atoms. The lowest BCUT2D eigenvalue weighted by Crippen LogP contribution is -2.14. The number of methoxy groups -OCH3 is 1. The van der Waals surface area contributed by atoms with Crippen molar-refractivity contribution >= 4 is 11.6 Å². The first-order valence-electron chi connectivity index (χ1n) is 6.24. The van der Waals surface area contributed by atoms with Gasteiger partial charge >= 0.3 is 0 Å². The van der Waals surface area contributed by atoms with Gasteiger partial charge in [0.1, 0.15) is 5.75 Å². The quantitative estimate of drug-likeness (QED) is 0.918. The number of hydrogen-bond donors (Lipinski definition) is 1. The molecule has 0 aliphatic rings. The predicted molar refractivity (Wildman–Crippen MR) is 79.8 cm³/mol. The van der Waals surface area contributed by atoms with Crippen molar-refractivity contribution in [2.75, 3.05) is 7.11 Å². The molecule has 0 aliphatic heterocycles. The molecule has 2 N–H and O–H groups in total. The second kappa shape index (κ2) is 6.09. The van der Waals surface area contributed by atoms with E-state index in [1.807, 2.05) is 43.3 Å². The van der Waals surface area contributed by atoms with Crippen LogP contribution in [0.2, 0.25) is 5.02 Å². The number of aryl methyl sites for hydroxylation is 1. The lowest BCUT2D eigenvalue weighted by atomic mass is 9.98. The van der Waals surface area contributed by atoms with Gasteiger partial charge < -0.3 is 10.5 Å². The highest BCUT2D eigenvalue weighted by Crippen LogP contribution is 2.27. The summed E-state index contributed by atoms with van der Waals surface area (Å²) in [5, 5.41) is 0.737. The summed E-state index contributed by atoms with van der Waals surface area (Å²) in [6.45, 7) is 2.04. The van der Waals surface area contributed by atoms with Crippen molar-refractivity contribution in [1.29, 1.82) is 0 Å². The van der Waals surface area contributed by atoms with E-state index in [1.165, 1.54) is 0 Å². The lowest BCUT2D eigenvalue weighted by Gasteiger charge is -2.16. The Hall–Kier alpha value is -1.51. The SMILES string of the molecule is COc1cc(C)ccc1C(N)Cc1cccc(Cl)c1. The van der Waals surface area contributed by atoms with Gasteiger partial charge in [0.05, 0.1) is 7.11 Å². The Morgan fingerprint density at radius 2 is 2.00 bits per heavy atom. The second-order valence-electron chi connectivity index (χ2n) is 4.69. The zero-order valence-electron chi connectivity index (χ0n) is 11.2. The Bertz CT molecular complexity index is 568. The third kappa shape index (κ3) is 3.49. The van der Waals surface area contributed by atoms with E-state index >= 15 is 0 Å². The Morgan fingerprint density at radius 1 is 1.21 bits per heavy atom. The van der Waals surface area contributed by atoms with Gasteiger partial charge in [-0.3, -0.25) is 0 Å². The van der Waals surface area contributed by atoms with Gasteiger partial charge in [-0.05, 0) is 42.7 Å². The number of nitrogens with two attached hydrogens (primary N) is 1. The van der Waals surface area contributed by atoms with Crippen LogP contribution in [-0.2, 0) is 6.42 Å². The molecule has 1 atom stereocenters. The fourth-order valence-corrected chi connectivity index (χ4v) is 2.37. The van der Waals surface area contributed by atoms with E-state index < -0.39 is 0 Å². The summed E-state index contributed by atoms with van der Waals surface area (Å²) in [6, 6.07) is 13.8. The van der Waals surface area contributed by atoms with Gasteiger partial charge in [-0.15, -0.1) is 0 Å². The molecule has 0 saturated heterocycles. The van der Waals surface area contributed by atoms with Gasteiger partial charge in [0, 0.05) is 16.6 Å². The molecule has 0 heterocycles. The van der Waals surface area contributed by atoms with Gasteiger partial charge in [0.2, 0.25) is 0 Å². The summed E-state index contributed by atoms with van der Waals surface area (Å²) in [5.41, 5.74) is 9.59. The Morgan fingerprint density at radius 3 is 2.68 bits per heavy atom. The van der Waals surface area contributed by atoms with Crippen LogP contribution >= 0.6 is 11.6 Å². The van der Waals surface area contributed by atoms with Crippen molar-refractivity contribution < 1.29 is 4.74 Å². The van der Waals surface area contributed by atoms with Gasteiger partial charge in [0.25, 0.3) is 0 Å². The van der Waals surface area contributed by atoms with E-state index in [1.54, 1.807) is 7.11 Å². The van der Waals surface area contributed by atoms with Crippen LogP contribution < -0.4 is 10.5 Å². The van der Waals surface area contributed by atoms with E-state index in [0.717, 1.165) is 33.9 Å². The highest BCUT2D eigenvalue weighted by molar-refractivity contribution is 6.30. The van der Waals surface area contributed by atoms with E-state index in [4.69, 9.17) is 22.1 Å². The standard InChI is InChI=1S/C16H18ClNO/c1-11-6-7-14(16(8-11)19-2)15(18)10-12-4-3-5-13(17)9-12/h3-9,15H,10,18H2,1-2H3. The molecule has 1 unspecified atom stereocenters. The molecule has 100 valence electrons. The zero-order chi connectivity index (χ0) is 13.8. The minimum Gasteiger partial charge on any atom is -0.496 e. The minimum atomic E-state index is -0.103. The molecule has 0 aromatic heterocycles. The molecule has 2 rings (SSSR count). The molecular formula is C16H18ClNO. The smallest absolute Gasteiger partial charge is 0.123 e. The first-order valence-corrected chi connectivity index (χ1v) is 6.62. The number of halogens is 1. The first kappa shape index (κ1) is 13.9. The van der Waals surface area contributed by atoms with Gasteiger partial charge in [0.15, 0.2) is 0 Å². The second-order valence-corrected chi connectivity index (χ2v) is 5.12. The highest BCUT2D eigenvalue weighted by Gasteiger charge is 2.12. The maximum absolute atomic E-state index is 6.28. The van der Waals surface area contributed by atoms with E-state index in [9.17, 15) is 0 Å². The van der Waals surface area contributed by atoms with Crippen LogP contribution in [0.1, 0.15) is 22.7 Å². The number of hydrogen-bond acceptors (Lipinski definition) is 2. The molecule has 0 fully saturated rings. The molecule has 2 aromatic carbocycles. The fraction of sp³-hybridized carbons (Fsp3) is 0.250. The molecular weight excluding hydrogens is 258 g/mol. The minimum absolute atomic E-state index is 0.103. The summed E-state index contributed by atoms with van der Waals surface area (Å²) < 4.78 is 5.40. The molecule has 2 nitrogen and oxygen atoms in total. The molecule has 0 saturated carbocycles. The summed E-state index contributed by atoms with van der Waals surface area (Å²) in [5.74, 6) is 0.842. The van der Waals surface area contributed by atoms with Crippen molar-refractivity contribution in [3.05, 3.63) is 64.2 Å². The first-order chi connectivity index (χ1) is 9.10. The van der Waals surface area contributed by atoms with E-state index in [2.05, 4.69) is 6.07 Å². The molecule has 0 radical (unpaired) electrons.